The van der Waals surface area contributed by atoms with Crippen LogP contribution < -0.4 is 15.8 Å². The van der Waals surface area contributed by atoms with Crippen molar-refractivity contribution in [1.29, 1.82) is 0 Å². The molecule has 134 valence electrons. The first-order valence-corrected chi connectivity index (χ1v) is 8.49. The highest BCUT2D eigenvalue weighted by Crippen LogP contribution is 2.29. The normalized spacial score (nSPS) is 10.6. The van der Waals surface area contributed by atoms with Crippen molar-refractivity contribution in [2.45, 2.75) is 13.3 Å². The van der Waals surface area contributed by atoms with Gasteiger partial charge in [-0.1, -0.05) is 36.7 Å². The zero-order valence-corrected chi connectivity index (χ0v) is 15.2. The number of rotatable bonds is 5. The SMILES string of the molecule is CCc1ccccc1-n1ncc(C(=O)Nc2ccc(Cl)cc2OC)c1N. The molecule has 0 radical (unpaired) electrons. The van der Waals surface area contributed by atoms with E-state index < -0.39 is 0 Å². The summed E-state index contributed by atoms with van der Waals surface area (Å²) < 4.78 is 6.82. The molecule has 0 aliphatic rings. The number of nitrogens with one attached hydrogen (secondary N) is 1. The first-order chi connectivity index (χ1) is 12.5. The van der Waals surface area contributed by atoms with Gasteiger partial charge in [0.2, 0.25) is 0 Å². The molecular formula is C19H19ClN4O2. The molecule has 1 heterocycles. The summed E-state index contributed by atoms with van der Waals surface area (Å²) in [6.45, 7) is 2.05. The van der Waals surface area contributed by atoms with Crippen molar-refractivity contribution in [1.82, 2.24) is 9.78 Å². The van der Waals surface area contributed by atoms with Gasteiger partial charge in [-0.25, -0.2) is 4.68 Å². The van der Waals surface area contributed by atoms with Crippen molar-refractivity contribution in [3.8, 4) is 11.4 Å². The fourth-order valence-electron chi connectivity index (χ4n) is 2.70. The van der Waals surface area contributed by atoms with Gasteiger partial charge in [0.1, 0.15) is 17.1 Å². The van der Waals surface area contributed by atoms with Crippen molar-refractivity contribution < 1.29 is 9.53 Å². The van der Waals surface area contributed by atoms with Crippen LogP contribution in [0, 0.1) is 0 Å². The third kappa shape index (κ3) is 3.36. The number of carbonyl (C=O) groups is 1. The molecule has 3 aromatic rings. The van der Waals surface area contributed by atoms with Crippen LogP contribution >= 0.6 is 11.6 Å². The number of hydrogen-bond donors (Lipinski definition) is 2. The molecule has 0 fully saturated rings. The number of anilines is 2. The molecule has 1 aromatic heterocycles. The van der Waals surface area contributed by atoms with Gasteiger partial charge in [-0.05, 0) is 30.2 Å². The lowest BCUT2D eigenvalue weighted by molar-refractivity contribution is 0.102. The van der Waals surface area contributed by atoms with Gasteiger partial charge in [0.05, 0.1) is 24.7 Å². The van der Waals surface area contributed by atoms with Crippen LogP contribution in [0.2, 0.25) is 5.02 Å². The van der Waals surface area contributed by atoms with Gasteiger partial charge in [-0.15, -0.1) is 0 Å². The summed E-state index contributed by atoms with van der Waals surface area (Å²) in [5, 5.41) is 7.59. The highest BCUT2D eigenvalue weighted by atomic mass is 35.5. The lowest BCUT2D eigenvalue weighted by Crippen LogP contribution is -2.15. The minimum atomic E-state index is -0.372. The average molecular weight is 371 g/mol. The summed E-state index contributed by atoms with van der Waals surface area (Å²) in [6.07, 6.45) is 2.29. The van der Waals surface area contributed by atoms with Crippen LogP contribution in [0.15, 0.2) is 48.7 Å². The Bertz CT molecular complexity index is 952. The molecule has 0 aliphatic heterocycles. The number of nitrogen functional groups attached to an aromatic ring is 1. The predicted octanol–water partition coefficient (Wildman–Crippen LogP) is 3.93. The maximum absolute atomic E-state index is 12.7. The van der Waals surface area contributed by atoms with Crippen molar-refractivity contribution in [2.24, 2.45) is 0 Å². The monoisotopic (exact) mass is 370 g/mol. The number of ether oxygens (including phenoxy) is 1. The van der Waals surface area contributed by atoms with E-state index in [1.807, 2.05) is 24.3 Å². The summed E-state index contributed by atoms with van der Waals surface area (Å²) in [5.74, 6) is 0.368. The number of halogens is 1. The second-order valence-corrected chi connectivity index (χ2v) is 6.07. The third-order valence-corrected chi connectivity index (χ3v) is 4.30. The maximum Gasteiger partial charge on any atom is 0.261 e. The molecule has 7 heteroatoms. The van der Waals surface area contributed by atoms with Crippen LogP contribution in [0.3, 0.4) is 0 Å². The number of benzene rings is 2. The summed E-state index contributed by atoms with van der Waals surface area (Å²) in [7, 11) is 1.51. The van der Waals surface area contributed by atoms with Crippen molar-refractivity contribution in [3.05, 3.63) is 64.8 Å². The molecule has 0 spiro atoms. The molecule has 0 unspecified atom stereocenters. The quantitative estimate of drug-likeness (QED) is 0.712. The molecule has 26 heavy (non-hydrogen) atoms. The van der Waals surface area contributed by atoms with E-state index in [-0.39, 0.29) is 17.3 Å². The van der Waals surface area contributed by atoms with Gasteiger partial charge < -0.3 is 15.8 Å². The fourth-order valence-corrected chi connectivity index (χ4v) is 2.86. The Morgan fingerprint density at radius 2 is 2.08 bits per heavy atom. The molecule has 6 nitrogen and oxygen atoms in total. The van der Waals surface area contributed by atoms with E-state index in [0.29, 0.717) is 16.5 Å². The molecule has 3 rings (SSSR count). The molecule has 3 N–H and O–H groups in total. The molecule has 2 aromatic carbocycles. The van der Waals surface area contributed by atoms with E-state index in [0.717, 1.165) is 17.7 Å². The van der Waals surface area contributed by atoms with E-state index in [1.54, 1.807) is 22.9 Å². The zero-order chi connectivity index (χ0) is 18.7. The van der Waals surface area contributed by atoms with Crippen LogP contribution in [-0.2, 0) is 6.42 Å². The Labute approximate surface area is 156 Å². The summed E-state index contributed by atoms with van der Waals surface area (Å²) in [5.41, 5.74) is 8.93. The number of carbonyl (C=O) groups excluding carboxylic acids is 1. The van der Waals surface area contributed by atoms with Gasteiger partial charge >= 0.3 is 0 Å². The number of para-hydroxylation sites is 1. The van der Waals surface area contributed by atoms with Crippen molar-refractivity contribution in [2.75, 3.05) is 18.2 Å². The van der Waals surface area contributed by atoms with Gasteiger partial charge in [0, 0.05) is 11.1 Å². The van der Waals surface area contributed by atoms with Crippen LogP contribution in [0.4, 0.5) is 11.5 Å². The van der Waals surface area contributed by atoms with E-state index >= 15 is 0 Å². The second-order valence-electron chi connectivity index (χ2n) is 5.64. The molecule has 1 amide bonds. The Morgan fingerprint density at radius 3 is 2.81 bits per heavy atom. The fraction of sp³-hybridized carbons (Fsp3) is 0.158. The van der Waals surface area contributed by atoms with E-state index in [1.165, 1.54) is 13.3 Å². The minimum absolute atomic E-state index is 0.274. The predicted molar refractivity (Wildman–Crippen MR) is 103 cm³/mol. The largest absolute Gasteiger partial charge is 0.495 e. The van der Waals surface area contributed by atoms with Crippen LogP contribution in [0.25, 0.3) is 5.69 Å². The van der Waals surface area contributed by atoms with Crippen LogP contribution in [0.5, 0.6) is 5.75 Å². The number of aryl methyl sites for hydroxylation is 1. The van der Waals surface area contributed by atoms with Gasteiger partial charge in [-0.2, -0.15) is 5.10 Å². The van der Waals surface area contributed by atoms with E-state index in [2.05, 4.69) is 17.3 Å². The zero-order valence-electron chi connectivity index (χ0n) is 14.5. The highest BCUT2D eigenvalue weighted by molar-refractivity contribution is 6.30. The smallest absolute Gasteiger partial charge is 0.261 e. The Morgan fingerprint density at radius 1 is 1.31 bits per heavy atom. The van der Waals surface area contributed by atoms with Crippen molar-refractivity contribution in [3.63, 3.8) is 0 Å². The maximum atomic E-state index is 12.7. The number of aromatic nitrogens is 2. The van der Waals surface area contributed by atoms with Crippen LogP contribution in [-0.4, -0.2) is 22.8 Å². The number of nitrogens with zero attached hydrogens (tertiary/aromatic N) is 2. The van der Waals surface area contributed by atoms with Gasteiger partial charge in [0.25, 0.3) is 5.91 Å². The molecule has 0 atom stereocenters. The standard InChI is InChI=1S/C19H19ClN4O2/c1-3-12-6-4-5-7-16(12)24-18(21)14(11-22-24)19(25)23-15-9-8-13(20)10-17(15)26-2/h4-11H,3,21H2,1-2H3,(H,23,25). The third-order valence-electron chi connectivity index (χ3n) is 4.06. The first kappa shape index (κ1) is 17.8. The summed E-state index contributed by atoms with van der Waals surface area (Å²) in [4.78, 5) is 12.7. The first-order valence-electron chi connectivity index (χ1n) is 8.11. The number of methoxy groups -OCH3 is 1. The van der Waals surface area contributed by atoms with Gasteiger partial charge in [-0.3, -0.25) is 4.79 Å². The molecular weight excluding hydrogens is 352 g/mol. The number of amides is 1. The summed E-state index contributed by atoms with van der Waals surface area (Å²) >= 11 is 5.95. The molecule has 0 saturated carbocycles. The van der Waals surface area contributed by atoms with Crippen molar-refractivity contribution >= 4 is 29.0 Å². The molecule has 0 aliphatic carbocycles. The number of nitrogens with two attached hydrogens (primary N) is 1. The topological polar surface area (TPSA) is 82.2 Å². The Hall–Kier alpha value is -2.99. The lowest BCUT2D eigenvalue weighted by Gasteiger charge is -2.11. The average Bonchev–Trinajstić information content (AvgIpc) is 3.04. The minimum Gasteiger partial charge on any atom is -0.495 e. The Balaban J connectivity index is 1.92. The summed E-state index contributed by atoms with van der Waals surface area (Å²) in [6, 6.07) is 12.8. The Kier molecular flexibility index (Phi) is 5.14. The second kappa shape index (κ2) is 7.49. The molecule has 0 saturated heterocycles. The highest BCUT2D eigenvalue weighted by Gasteiger charge is 2.18. The van der Waals surface area contributed by atoms with Crippen LogP contribution in [0.1, 0.15) is 22.8 Å². The number of hydrogen-bond acceptors (Lipinski definition) is 4. The van der Waals surface area contributed by atoms with E-state index in [4.69, 9.17) is 22.1 Å². The van der Waals surface area contributed by atoms with E-state index in [9.17, 15) is 4.79 Å². The molecule has 0 bridgehead atoms. The van der Waals surface area contributed by atoms with Gasteiger partial charge in [0.15, 0.2) is 0 Å². The lowest BCUT2D eigenvalue weighted by atomic mass is 10.1.